The minimum Gasteiger partial charge on any atom is -0.348 e. The highest BCUT2D eigenvalue weighted by molar-refractivity contribution is 7.15. The highest BCUT2D eigenvalue weighted by Crippen LogP contribution is 2.19. The first-order valence-corrected chi connectivity index (χ1v) is 7.42. The van der Waals surface area contributed by atoms with Crippen molar-refractivity contribution in [3.05, 3.63) is 40.9 Å². The Morgan fingerprint density at radius 1 is 1.55 bits per heavy atom. The maximum absolute atomic E-state index is 12.2. The van der Waals surface area contributed by atoms with Crippen LogP contribution in [0.1, 0.15) is 28.2 Å². The number of nitrogens with zero attached hydrogens (tertiary/aromatic N) is 3. The number of hydrogen-bond acceptors (Lipinski definition) is 4. The van der Waals surface area contributed by atoms with Gasteiger partial charge in [-0.3, -0.25) is 14.3 Å². The van der Waals surface area contributed by atoms with Crippen molar-refractivity contribution in [2.45, 2.75) is 25.3 Å². The van der Waals surface area contributed by atoms with E-state index in [0.29, 0.717) is 5.69 Å². The van der Waals surface area contributed by atoms with E-state index >= 15 is 0 Å². The summed E-state index contributed by atoms with van der Waals surface area (Å²) < 4.78 is 1.87. The van der Waals surface area contributed by atoms with Crippen LogP contribution in [0.25, 0.3) is 4.96 Å². The summed E-state index contributed by atoms with van der Waals surface area (Å²) in [6, 6.07) is 0.160. The summed E-state index contributed by atoms with van der Waals surface area (Å²) in [5, 5.41) is 12.1. The van der Waals surface area contributed by atoms with Gasteiger partial charge >= 0.3 is 0 Å². The number of fused-ring (bicyclic) bond motifs is 2. The minimum atomic E-state index is -0.0992. The molecule has 0 spiro atoms. The Labute approximate surface area is 118 Å². The third-order valence-corrected chi connectivity index (χ3v) is 4.45. The molecule has 3 aromatic heterocycles. The monoisotopic (exact) mass is 287 g/mol. The third-order valence-electron chi connectivity index (χ3n) is 3.68. The van der Waals surface area contributed by atoms with Gasteiger partial charge in [0.25, 0.3) is 5.91 Å². The number of thiazole rings is 1. The van der Waals surface area contributed by atoms with E-state index in [1.54, 1.807) is 6.20 Å². The number of aromatic amines is 1. The molecule has 0 radical (unpaired) electrons. The lowest BCUT2D eigenvalue weighted by atomic mass is 9.93. The van der Waals surface area contributed by atoms with Crippen LogP contribution in [0, 0.1) is 0 Å². The van der Waals surface area contributed by atoms with Gasteiger partial charge in [0.2, 0.25) is 0 Å². The zero-order chi connectivity index (χ0) is 13.5. The molecule has 7 heteroatoms. The number of aryl methyl sites for hydroxylation is 1. The first-order valence-electron chi connectivity index (χ1n) is 6.54. The molecule has 2 N–H and O–H groups in total. The average Bonchev–Trinajstić information content (AvgIpc) is 3.12. The van der Waals surface area contributed by atoms with Gasteiger partial charge in [-0.15, -0.1) is 11.3 Å². The van der Waals surface area contributed by atoms with Crippen molar-refractivity contribution in [2.24, 2.45) is 0 Å². The Balaban J connectivity index is 1.49. The molecule has 1 aliphatic rings. The molecular weight excluding hydrogens is 274 g/mol. The number of H-pyrrole nitrogens is 1. The number of imidazole rings is 1. The molecule has 0 aliphatic heterocycles. The van der Waals surface area contributed by atoms with E-state index in [1.165, 1.54) is 22.6 Å². The van der Waals surface area contributed by atoms with E-state index in [4.69, 9.17) is 0 Å². The first kappa shape index (κ1) is 11.7. The van der Waals surface area contributed by atoms with Gasteiger partial charge in [0.15, 0.2) is 4.96 Å². The zero-order valence-corrected chi connectivity index (χ0v) is 11.5. The molecule has 0 fully saturated rings. The predicted molar refractivity (Wildman–Crippen MR) is 74.9 cm³/mol. The molecule has 0 saturated heterocycles. The second-order valence-electron chi connectivity index (χ2n) is 5.01. The predicted octanol–water partition coefficient (Wildman–Crippen LogP) is 1.41. The lowest BCUT2D eigenvalue weighted by Crippen LogP contribution is -2.38. The summed E-state index contributed by atoms with van der Waals surface area (Å²) in [5.74, 6) is -0.0992. The topological polar surface area (TPSA) is 75.1 Å². The number of carbonyl (C=O) groups is 1. The molecule has 4 rings (SSSR count). The van der Waals surface area contributed by atoms with Crippen LogP contribution < -0.4 is 5.32 Å². The molecule has 0 saturated carbocycles. The second-order valence-corrected chi connectivity index (χ2v) is 5.88. The standard InChI is InChI=1S/C13H13N5OS/c19-12(11-7-18-3-4-20-13(18)16-11)15-9-1-2-10-8(5-9)6-14-17-10/h3-4,6-7,9H,1-2,5H2,(H,14,17)(H,15,19)/t9-/m0/s1. The molecule has 1 aliphatic carbocycles. The van der Waals surface area contributed by atoms with Crippen molar-refractivity contribution in [2.75, 3.05) is 0 Å². The van der Waals surface area contributed by atoms with Crippen LogP contribution in [0.5, 0.6) is 0 Å². The van der Waals surface area contributed by atoms with E-state index in [2.05, 4.69) is 20.5 Å². The summed E-state index contributed by atoms with van der Waals surface area (Å²) in [6.07, 6.45) is 8.22. The molecule has 0 aromatic carbocycles. The molecule has 102 valence electrons. The van der Waals surface area contributed by atoms with Crippen LogP contribution in [0.2, 0.25) is 0 Å². The smallest absolute Gasteiger partial charge is 0.271 e. The fraction of sp³-hybridized carbons (Fsp3) is 0.308. The summed E-state index contributed by atoms with van der Waals surface area (Å²) in [7, 11) is 0. The molecule has 1 atom stereocenters. The summed E-state index contributed by atoms with van der Waals surface area (Å²) in [5.41, 5.74) is 2.88. The Morgan fingerprint density at radius 2 is 2.50 bits per heavy atom. The molecular formula is C13H13N5OS. The maximum atomic E-state index is 12.2. The molecule has 3 heterocycles. The fourth-order valence-electron chi connectivity index (χ4n) is 2.64. The van der Waals surface area contributed by atoms with Crippen LogP contribution in [0.4, 0.5) is 0 Å². The highest BCUT2D eigenvalue weighted by atomic mass is 32.1. The van der Waals surface area contributed by atoms with Crippen LogP contribution in [-0.2, 0) is 12.8 Å². The molecule has 0 bridgehead atoms. The number of aromatic nitrogens is 4. The van der Waals surface area contributed by atoms with Crippen LogP contribution in [-0.4, -0.2) is 31.5 Å². The van der Waals surface area contributed by atoms with Gasteiger partial charge in [-0.2, -0.15) is 5.10 Å². The van der Waals surface area contributed by atoms with E-state index in [9.17, 15) is 4.79 Å². The van der Waals surface area contributed by atoms with Crippen molar-refractivity contribution < 1.29 is 4.79 Å². The molecule has 6 nitrogen and oxygen atoms in total. The van der Waals surface area contributed by atoms with E-state index in [1.807, 2.05) is 22.2 Å². The lowest BCUT2D eigenvalue weighted by Gasteiger charge is -2.22. The molecule has 1 amide bonds. The Bertz CT molecular complexity index is 742. The largest absolute Gasteiger partial charge is 0.348 e. The highest BCUT2D eigenvalue weighted by Gasteiger charge is 2.22. The lowest BCUT2D eigenvalue weighted by molar-refractivity contribution is 0.0929. The number of nitrogens with one attached hydrogen (secondary N) is 2. The van der Waals surface area contributed by atoms with Crippen molar-refractivity contribution in [1.82, 2.24) is 24.9 Å². The van der Waals surface area contributed by atoms with Gasteiger partial charge in [0, 0.05) is 29.5 Å². The molecule has 0 unspecified atom stereocenters. The van der Waals surface area contributed by atoms with Crippen LogP contribution >= 0.6 is 11.3 Å². The number of hydrogen-bond donors (Lipinski definition) is 2. The Kier molecular flexibility index (Phi) is 2.59. The van der Waals surface area contributed by atoms with E-state index in [-0.39, 0.29) is 11.9 Å². The summed E-state index contributed by atoms with van der Waals surface area (Å²) >= 11 is 1.52. The Morgan fingerprint density at radius 3 is 3.40 bits per heavy atom. The minimum absolute atomic E-state index is 0.0992. The summed E-state index contributed by atoms with van der Waals surface area (Å²) in [6.45, 7) is 0. The maximum Gasteiger partial charge on any atom is 0.271 e. The van der Waals surface area contributed by atoms with Crippen LogP contribution in [0.3, 0.4) is 0 Å². The van der Waals surface area contributed by atoms with Gasteiger partial charge in [0.05, 0.1) is 6.20 Å². The SMILES string of the molecule is O=C(N[C@H]1CCc2[nH]ncc2C1)c1cn2ccsc2n1. The van der Waals surface area contributed by atoms with Gasteiger partial charge < -0.3 is 5.32 Å². The normalized spacial score (nSPS) is 18.1. The third kappa shape index (κ3) is 1.90. The van der Waals surface area contributed by atoms with E-state index < -0.39 is 0 Å². The number of rotatable bonds is 2. The van der Waals surface area contributed by atoms with Gasteiger partial charge in [0.1, 0.15) is 5.69 Å². The molecule has 20 heavy (non-hydrogen) atoms. The summed E-state index contributed by atoms with van der Waals surface area (Å²) in [4.78, 5) is 17.4. The molecule has 3 aromatic rings. The van der Waals surface area contributed by atoms with Gasteiger partial charge in [-0.25, -0.2) is 4.98 Å². The van der Waals surface area contributed by atoms with Gasteiger partial charge in [-0.1, -0.05) is 0 Å². The van der Waals surface area contributed by atoms with Gasteiger partial charge in [-0.05, 0) is 24.8 Å². The number of carbonyl (C=O) groups excluding carboxylic acids is 1. The number of amides is 1. The van der Waals surface area contributed by atoms with Crippen molar-refractivity contribution in [3.63, 3.8) is 0 Å². The fourth-order valence-corrected chi connectivity index (χ4v) is 3.34. The first-order chi connectivity index (χ1) is 9.79. The van der Waals surface area contributed by atoms with Crippen molar-refractivity contribution >= 4 is 22.2 Å². The van der Waals surface area contributed by atoms with Crippen LogP contribution in [0.15, 0.2) is 24.0 Å². The van der Waals surface area contributed by atoms with E-state index in [0.717, 1.165) is 24.2 Å². The van der Waals surface area contributed by atoms with Crippen molar-refractivity contribution in [1.29, 1.82) is 0 Å². The Hall–Kier alpha value is -2.15. The zero-order valence-electron chi connectivity index (χ0n) is 10.7. The van der Waals surface area contributed by atoms with Crippen molar-refractivity contribution in [3.8, 4) is 0 Å². The quantitative estimate of drug-likeness (QED) is 0.748. The average molecular weight is 287 g/mol. The second kappa shape index (κ2) is 4.45.